The Balaban J connectivity index is 1.36. The highest BCUT2D eigenvalue weighted by Crippen LogP contribution is 2.32. The molecular formula is C29H42ClF2N7O5. The molecule has 1 atom stereocenters. The number of rotatable bonds is 13. The van der Waals surface area contributed by atoms with E-state index in [9.17, 15) is 18.7 Å². The number of aliphatic hydroxyl groups excluding tert-OH is 2. The van der Waals surface area contributed by atoms with Gasteiger partial charge in [0.25, 0.3) is 5.91 Å². The summed E-state index contributed by atoms with van der Waals surface area (Å²) in [5, 5.41) is 20.8. The van der Waals surface area contributed by atoms with Gasteiger partial charge in [-0.3, -0.25) is 14.6 Å². The van der Waals surface area contributed by atoms with E-state index < -0.39 is 12.0 Å². The number of benzene rings is 1. The van der Waals surface area contributed by atoms with Crippen LogP contribution in [0.25, 0.3) is 0 Å². The number of piperidine rings is 1. The first kappa shape index (κ1) is 33.8. The van der Waals surface area contributed by atoms with Crippen LogP contribution in [0.4, 0.5) is 20.4 Å². The highest BCUT2D eigenvalue weighted by atomic mass is 35.5. The standard InChI is InChI=1S/C29H42ClF2N7O5/c1-3-20-18-38(27-25(30)35-24(26(33)36-27)28(42)34-8-13-40)11-12-39(20)21-6-9-37(10-7-21)17-19-4-5-22(44-29(2,31)32)16-23(19)43-15-14-41/h4-5,16,20-21,40-41H,3,6-15,17-18H2,1-2H3,(H2,33,36)(H,34,42)/t20-/m0/s1. The number of nitrogens with two attached hydrogens (primary N) is 1. The highest BCUT2D eigenvalue weighted by molar-refractivity contribution is 6.32. The number of ether oxygens (including phenoxy) is 2. The molecule has 2 aliphatic rings. The average Bonchev–Trinajstić information content (AvgIpc) is 3.00. The predicted molar refractivity (Wildman–Crippen MR) is 162 cm³/mol. The summed E-state index contributed by atoms with van der Waals surface area (Å²) < 4.78 is 37.1. The molecule has 2 fully saturated rings. The van der Waals surface area contributed by atoms with E-state index >= 15 is 0 Å². The van der Waals surface area contributed by atoms with Crippen LogP contribution in [0.1, 0.15) is 49.2 Å². The molecule has 0 radical (unpaired) electrons. The number of nitrogens with zero attached hydrogens (tertiary/aromatic N) is 5. The summed E-state index contributed by atoms with van der Waals surface area (Å²) in [5.74, 6) is 0.326. The number of piperazine rings is 1. The number of alkyl halides is 2. The zero-order valence-electron chi connectivity index (χ0n) is 25.1. The molecule has 244 valence electrons. The minimum absolute atomic E-state index is 0.00657. The predicted octanol–water partition coefficient (Wildman–Crippen LogP) is 2.36. The number of nitrogens with one attached hydrogen (secondary N) is 1. The second kappa shape index (κ2) is 15.3. The number of nitrogen functional groups attached to an aromatic ring is 1. The van der Waals surface area contributed by atoms with E-state index in [1.807, 2.05) is 0 Å². The van der Waals surface area contributed by atoms with Crippen LogP contribution in [0.5, 0.6) is 11.5 Å². The van der Waals surface area contributed by atoms with Crippen molar-refractivity contribution in [3.05, 3.63) is 34.6 Å². The SMILES string of the molecule is CC[C@H]1CN(c2nc(N)c(C(=O)NCCO)nc2Cl)CCN1C1CCN(Cc2ccc(OC(C)(F)F)cc2OCCO)CC1. The van der Waals surface area contributed by atoms with Crippen molar-refractivity contribution in [2.75, 3.05) is 69.7 Å². The summed E-state index contributed by atoms with van der Waals surface area (Å²) in [7, 11) is 0. The molecule has 3 heterocycles. The molecule has 12 nitrogen and oxygen atoms in total. The Labute approximate surface area is 261 Å². The van der Waals surface area contributed by atoms with Crippen LogP contribution in [-0.2, 0) is 6.54 Å². The number of amides is 1. The van der Waals surface area contributed by atoms with E-state index in [-0.39, 0.29) is 54.8 Å². The Morgan fingerprint density at radius 2 is 1.93 bits per heavy atom. The molecule has 0 unspecified atom stereocenters. The van der Waals surface area contributed by atoms with Gasteiger partial charge in [-0.25, -0.2) is 9.97 Å². The third-order valence-corrected chi connectivity index (χ3v) is 8.13. The lowest BCUT2D eigenvalue weighted by molar-refractivity contribution is -0.159. The van der Waals surface area contributed by atoms with Gasteiger partial charge in [0.1, 0.15) is 18.1 Å². The van der Waals surface area contributed by atoms with Crippen molar-refractivity contribution in [2.24, 2.45) is 0 Å². The van der Waals surface area contributed by atoms with Gasteiger partial charge in [0.05, 0.1) is 13.2 Å². The number of halogens is 3. The number of likely N-dealkylation sites (tertiary alicyclic amines) is 1. The van der Waals surface area contributed by atoms with Gasteiger partial charge in [-0.15, -0.1) is 0 Å². The smallest absolute Gasteiger partial charge is 0.394 e. The first-order chi connectivity index (χ1) is 21.0. The van der Waals surface area contributed by atoms with E-state index in [4.69, 9.17) is 31.9 Å². The Bertz CT molecular complexity index is 1260. The second-order valence-corrected chi connectivity index (χ2v) is 11.4. The van der Waals surface area contributed by atoms with Crippen LogP contribution in [-0.4, -0.2) is 113 Å². The molecule has 5 N–H and O–H groups in total. The van der Waals surface area contributed by atoms with Crippen molar-refractivity contribution in [3.63, 3.8) is 0 Å². The van der Waals surface area contributed by atoms with Crippen LogP contribution >= 0.6 is 11.6 Å². The topological polar surface area (TPSA) is 150 Å². The van der Waals surface area contributed by atoms with Crippen molar-refractivity contribution >= 4 is 29.1 Å². The monoisotopic (exact) mass is 641 g/mol. The maximum Gasteiger partial charge on any atom is 0.394 e. The van der Waals surface area contributed by atoms with Crippen molar-refractivity contribution in [1.82, 2.24) is 25.1 Å². The first-order valence-electron chi connectivity index (χ1n) is 14.9. The quantitative estimate of drug-likeness (QED) is 0.255. The van der Waals surface area contributed by atoms with Crippen molar-refractivity contribution in [2.45, 2.75) is 57.8 Å². The lowest BCUT2D eigenvalue weighted by atomic mass is 9.97. The average molecular weight is 642 g/mol. The molecule has 0 saturated carbocycles. The molecule has 0 spiro atoms. The maximum absolute atomic E-state index is 13.4. The molecule has 0 bridgehead atoms. The van der Waals surface area contributed by atoms with Crippen LogP contribution < -0.4 is 25.4 Å². The Kier molecular flexibility index (Phi) is 11.8. The van der Waals surface area contributed by atoms with Gasteiger partial charge in [0, 0.05) is 63.4 Å². The summed E-state index contributed by atoms with van der Waals surface area (Å²) in [6, 6.07) is 5.36. The molecule has 1 aromatic heterocycles. The molecule has 2 aromatic rings. The third-order valence-electron chi connectivity index (χ3n) is 7.88. The highest BCUT2D eigenvalue weighted by Gasteiger charge is 2.35. The molecule has 15 heteroatoms. The normalized spacial score (nSPS) is 18.8. The molecule has 44 heavy (non-hydrogen) atoms. The minimum Gasteiger partial charge on any atom is -0.491 e. The number of hydrogen-bond acceptors (Lipinski definition) is 11. The number of hydrogen-bond donors (Lipinski definition) is 4. The molecule has 1 aromatic carbocycles. The molecule has 2 saturated heterocycles. The molecule has 1 amide bonds. The van der Waals surface area contributed by atoms with E-state index in [1.165, 1.54) is 12.1 Å². The molecule has 2 aliphatic heterocycles. The summed E-state index contributed by atoms with van der Waals surface area (Å²) >= 11 is 6.47. The second-order valence-electron chi connectivity index (χ2n) is 11.1. The van der Waals surface area contributed by atoms with E-state index in [2.05, 4.69) is 36.9 Å². The fourth-order valence-corrected chi connectivity index (χ4v) is 6.07. The Morgan fingerprint density at radius 3 is 2.59 bits per heavy atom. The Morgan fingerprint density at radius 1 is 1.18 bits per heavy atom. The van der Waals surface area contributed by atoms with Crippen LogP contribution in [0.15, 0.2) is 18.2 Å². The summed E-state index contributed by atoms with van der Waals surface area (Å²) in [6.07, 6.45) is -0.443. The number of carbonyl (C=O) groups is 1. The summed E-state index contributed by atoms with van der Waals surface area (Å²) in [5.41, 5.74) is 6.84. The van der Waals surface area contributed by atoms with E-state index in [0.29, 0.717) is 44.2 Å². The van der Waals surface area contributed by atoms with Gasteiger partial charge < -0.3 is 35.6 Å². The van der Waals surface area contributed by atoms with Crippen molar-refractivity contribution in [3.8, 4) is 11.5 Å². The fourth-order valence-electron chi connectivity index (χ4n) is 5.82. The fraction of sp³-hybridized carbons (Fsp3) is 0.621. The third kappa shape index (κ3) is 8.78. The zero-order chi connectivity index (χ0) is 31.9. The van der Waals surface area contributed by atoms with Gasteiger partial charge >= 0.3 is 6.11 Å². The van der Waals surface area contributed by atoms with Crippen LogP contribution in [0, 0.1) is 0 Å². The van der Waals surface area contributed by atoms with Gasteiger partial charge in [0.2, 0.25) is 0 Å². The first-order valence-corrected chi connectivity index (χ1v) is 15.3. The maximum atomic E-state index is 13.4. The Hall–Kier alpha value is -3.04. The van der Waals surface area contributed by atoms with Gasteiger partial charge in [-0.2, -0.15) is 8.78 Å². The molecular weight excluding hydrogens is 600 g/mol. The van der Waals surface area contributed by atoms with E-state index in [0.717, 1.165) is 44.5 Å². The van der Waals surface area contributed by atoms with Crippen LogP contribution in [0.3, 0.4) is 0 Å². The minimum atomic E-state index is -3.31. The number of aliphatic hydroxyl groups is 2. The summed E-state index contributed by atoms with van der Waals surface area (Å²) in [4.78, 5) is 27.9. The van der Waals surface area contributed by atoms with Crippen molar-refractivity contribution < 1.29 is 33.3 Å². The van der Waals surface area contributed by atoms with Gasteiger partial charge in [0.15, 0.2) is 22.5 Å². The van der Waals surface area contributed by atoms with E-state index in [1.54, 1.807) is 6.07 Å². The lowest BCUT2D eigenvalue weighted by Crippen LogP contribution is -2.58. The number of aromatic nitrogens is 2. The summed E-state index contributed by atoms with van der Waals surface area (Å²) in [6.45, 7) is 7.06. The van der Waals surface area contributed by atoms with Gasteiger partial charge in [-0.05, 0) is 38.4 Å². The van der Waals surface area contributed by atoms with Crippen LogP contribution in [0.2, 0.25) is 5.15 Å². The number of anilines is 2. The lowest BCUT2D eigenvalue weighted by Gasteiger charge is -2.47. The van der Waals surface area contributed by atoms with Crippen molar-refractivity contribution in [1.29, 1.82) is 0 Å². The molecule has 0 aliphatic carbocycles. The largest absolute Gasteiger partial charge is 0.491 e. The zero-order valence-corrected chi connectivity index (χ0v) is 25.9. The molecule has 4 rings (SSSR count). The van der Waals surface area contributed by atoms with Gasteiger partial charge in [-0.1, -0.05) is 24.6 Å². The number of carbonyl (C=O) groups excluding carboxylic acids is 1.